The summed E-state index contributed by atoms with van der Waals surface area (Å²) in [4.78, 5) is 0. The van der Waals surface area contributed by atoms with Gasteiger partial charge in [-0.2, -0.15) is 0 Å². The molecule has 0 spiro atoms. The zero-order valence-corrected chi connectivity index (χ0v) is 26.9. The van der Waals surface area contributed by atoms with Crippen LogP contribution in [0.15, 0.2) is 47.6 Å². The molecule has 4 unspecified atom stereocenters. The molecule has 4 aliphatic rings. The Morgan fingerprint density at radius 3 is 1.40 bits per heavy atom. The monoisotopic (exact) mass is 676 g/mol. The maximum Gasteiger partial charge on any atom is -1.00 e. The third-order valence-corrected chi connectivity index (χ3v) is 6.27. The first-order chi connectivity index (χ1) is 13.3. The quantitative estimate of drug-likeness (QED) is 0.308. The number of rotatable bonds is 2. The standard InChI is InChI=1S/2C12H17.C2H6Ge.2ClH.Hf/c2*1-9(2)12-7-10-5-3-4-6-11(10)8-12;1-3-2;;;/h2*3-5,7,9,11-12H,6,8H2,1-2H3;1-2H3;2*1H;/q2*-1;;;;+2/p-2. The first kappa shape index (κ1) is 30.7. The second-order valence-corrected chi connectivity index (χ2v) is 32.5. The molecule has 0 aliphatic heterocycles. The minimum atomic E-state index is -0.194. The van der Waals surface area contributed by atoms with E-state index in [9.17, 15) is 0 Å². The molecular weight excluding hydrogens is 634 g/mol. The Bertz CT molecular complexity index is 591. The molecule has 0 aromatic rings. The molecule has 2 fully saturated rings. The molecule has 0 nitrogen and oxygen atoms in total. The van der Waals surface area contributed by atoms with E-state index in [2.05, 4.69) is 88.5 Å². The molecular formula is C26H40Cl2GeHf-2. The van der Waals surface area contributed by atoms with E-state index in [4.69, 9.17) is 0 Å². The van der Waals surface area contributed by atoms with Crippen LogP contribution < -0.4 is 24.8 Å². The molecule has 0 amide bonds. The Hall–Kier alpha value is 0.693. The van der Waals surface area contributed by atoms with Crippen molar-refractivity contribution in [2.75, 3.05) is 0 Å². The molecule has 0 aromatic carbocycles. The topological polar surface area (TPSA) is 0 Å². The number of allylic oxidation sites excluding steroid dienone is 8. The predicted octanol–water partition coefficient (Wildman–Crippen LogP) is 1.53. The molecule has 2 saturated carbocycles. The van der Waals surface area contributed by atoms with Gasteiger partial charge in [0, 0.05) is 0 Å². The summed E-state index contributed by atoms with van der Waals surface area (Å²) in [6.45, 7) is 9.30. The van der Waals surface area contributed by atoms with Gasteiger partial charge in [-0.05, 0) is 24.7 Å². The van der Waals surface area contributed by atoms with Crippen LogP contribution >= 0.6 is 0 Å². The van der Waals surface area contributed by atoms with Gasteiger partial charge in [0.2, 0.25) is 0 Å². The average Bonchev–Trinajstić information content (AvgIpc) is 3.26. The van der Waals surface area contributed by atoms with Crippen molar-refractivity contribution in [2.45, 2.75) is 64.9 Å². The van der Waals surface area contributed by atoms with Crippen LogP contribution in [0.4, 0.5) is 0 Å². The van der Waals surface area contributed by atoms with Crippen LogP contribution in [0.2, 0.25) is 11.5 Å². The summed E-state index contributed by atoms with van der Waals surface area (Å²) in [5.74, 6) is 9.79. The van der Waals surface area contributed by atoms with Crippen LogP contribution in [0.1, 0.15) is 53.4 Å². The van der Waals surface area contributed by atoms with E-state index in [-0.39, 0.29) is 34.9 Å². The fraction of sp³-hybridized carbons (Fsp3) is 0.615. The molecule has 0 saturated heterocycles. The Morgan fingerprint density at radius 2 is 1.13 bits per heavy atom. The second-order valence-electron chi connectivity index (χ2n) is 9.68. The summed E-state index contributed by atoms with van der Waals surface area (Å²) in [6.07, 6.45) is 23.8. The number of hydrogen-bond donors (Lipinski definition) is 0. The molecule has 4 aliphatic carbocycles. The van der Waals surface area contributed by atoms with Crippen LogP contribution in [0.25, 0.3) is 0 Å². The fourth-order valence-corrected chi connectivity index (χ4v) is 4.45. The summed E-state index contributed by atoms with van der Waals surface area (Å²) in [7, 11) is -0.194. The maximum atomic E-state index is 2.48. The minimum absolute atomic E-state index is 0. The third kappa shape index (κ3) is 10.1. The van der Waals surface area contributed by atoms with E-state index in [1.165, 1.54) is 47.0 Å². The Morgan fingerprint density at radius 1 is 0.800 bits per heavy atom. The predicted molar refractivity (Wildman–Crippen MR) is 123 cm³/mol. The normalized spacial score (nSPS) is 27.4. The molecule has 0 heterocycles. The zero-order valence-electron chi connectivity index (χ0n) is 19.7. The Kier molecular flexibility index (Phi) is 15.9. The van der Waals surface area contributed by atoms with Crippen molar-refractivity contribution in [3.63, 3.8) is 0 Å². The zero-order chi connectivity index (χ0) is 20.7. The maximum absolute atomic E-state index is 2.48. The summed E-state index contributed by atoms with van der Waals surface area (Å²) < 4.78 is 0. The molecule has 4 heteroatoms. The van der Waals surface area contributed by atoms with Crippen LogP contribution in [-0.2, 0) is 21.3 Å². The van der Waals surface area contributed by atoms with Gasteiger partial charge in [-0.1, -0.05) is 64.2 Å². The molecule has 0 radical (unpaired) electrons. The fourth-order valence-electron chi connectivity index (χ4n) is 4.45. The van der Waals surface area contributed by atoms with E-state index < -0.39 is 0 Å². The van der Waals surface area contributed by atoms with Gasteiger partial charge in [-0.3, -0.25) is 0 Å². The molecule has 30 heavy (non-hydrogen) atoms. The largest absolute Gasteiger partial charge is 1.00 e. The number of halogens is 2. The summed E-state index contributed by atoms with van der Waals surface area (Å²) in [6, 6.07) is 0. The molecule has 0 bridgehead atoms. The van der Waals surface area contributed by atoms with Gasteiger partial charge in [-0.25, -0.2) is 36.1 Å². The van der Waals surface area contributed by atoms with E-state index in [1.54, 1.807) is 11.1 Å². The minimum Gasteiger partial charge on any atom is -1.00 e. The van der Waals surface area contributed by atoms with Crippen LogP contribution in [0.3, 0.4) is 0 Å². The molecule has 168 valence electrons. The van der Waals surface area contributed by atoms with Crippen molar-refractivity contribution < 1.29 is 46.1 Å². The van der Waals surface area contributed by atoms with Gasteiger partial charge in [0.25, 0.3) is 0 Å². The van der Waals surface area contributed by atoms with Gasteiger partial charge in [0.15, 0.2) is 0 Å². The molecule has 0 N–H and O–H groups in total. The van der Waals surface area contributed by atoms with Crippen LogP contribution in [-0.4, -0.2) is 10.1 Å². The molecule has 4 rings (SSSR count). The number of hydrogen-bond acceptors (Lipinski definition) is 0. The van der Waals surface area contributed by atoms with Crippen LogP contribution in [0.5, 0.6) is 0 Å². The van der Waals surface area contributed by atoms with E-state index in [1.807, 2.05) is 0 Å². The molecule has 4 atom stereocenters. The first-order valence-corrected chi connectivity index (χ1v) is 25.8. The summed E-state index contributed by atoms with van der Waals surface area (Å²) in [5, 5.41) is 0. The average molecular weight is 675 g/mol. The summed E-state index contributed by atoms with van der Waals surface area (Å²) in [5.41, 5.74) is 3.19. The Labute approximate surface area is 215 Å². The van der Waals surface area contributed by atoms with Crippen molar-refractivity contribution in [1.29, 1.82) is 0 Å². The van der Waals surface area contributed by atoms with Crippen molar-refractivity contribution in [1.82, 2.24) is 0 Å². The number of fused-ring (bicyclic) bond motifs is 2. The second kappa shape index (κ2) is 15.5. The van der Waals surface area contributed by atoms with Crippen molar-refractivity contribution >= 4 is 10.1 Å². The van der Waals surface area contributed by atoms with Gasteiger partial charge < -0.3 is 24.8 Å². The van der Waals surface area contributed by atoms with Crippen molar-refractivity contribution in [2.24, 2.45) is 35.5 Å². The first-order valence-electron chi connectivity index (χ1n) is 11.2. The van der Waals surface area contributed by atoms with E-state index in [0.29, 0.717) is 0 Å². The molecule has 0 aromatic heterocycles. The van der Waals surface area contributed by atoms with E-state index >= 15 is 0 Å². The smallest absolute Gasteiger partial charge is 1.00 e. The van der Waals surface area contributed by atoms with Gasteiger partial charge >= 0.3 is 42.8 Å². The van der Waals surface area contributed by atoms with Gasteiger partial charge in [0.05, 0.1) is 0 Å². The van der Waals surface area contributed by atoms with Gasteiger partial charge in [0.1, 0.15) is 0 Å². The van der Waals surface area contributed by atoms with Crippen molar-refractivity contribution in [3.05, 3.63) is 60.4 Å². The van der Waals surface area contributed by atoms with Gasteiger partial charge in [-0.15, -0.1) is 24.3 Å². The SMILES string of the molecule is CC(C)C1[CH-]C2=CC=CCC2C1.CC(C)C1[CH-]C2=CC=CCC2C1.[CH3][Ge]([CH3])=[Hf+2].[Cl-].[Cl-]. The Balaban J connectivity index is 0.000000452. The third-order valence-electron chi connectivity index (χ3n) is 6.27. The van der Waals surface area contributed by atoms with Crippen LogP contribution in [0, 0.1) is 48.3 Å². The summed E-state index contributed by atoms with van der Waals surface area (Å²) >= 11 is 1.52. The van der Waals surface area contributed by atoms with Crippen molar-refractivity contribution in [3.8, 4) is 0 Å². The van der Waals surface area contributed by atoms with E-state index in [0.717, 1.165) is 35.5 Å².